The first-order valence-electron chi connectivity index (χ1n) is 12.0. The number of carboxylic acids is 1. The lowest BCUT2D eigenvalue weighted by Crippen LogP contribution is -2.53. The van der Waals surface area contributed by atoms with Crippen LogP contribution in [0.1, 0.15) is 63.5 Å². The number of unbranched alkanes of at least 4 members (excludes halogenated alkanes) is 1. The van der Waals surface area contributed by atoms with Crippen molar-refractivity contribution in [2.45, 2.75) is 64.5 Å². The fourth-order valence-corrected chi connectivity index (χ4v) is 4.40. The molecule has 182 valence electrons. The highest BCUT2D eigenvalue weighted by Gasteiger charge is 2.31. The highest BCUT2D eigenvalue weighted by atomic mass is 16.5. The van der Waals surface area contributed by atoms with Crippen LogP contribution in [0.25, 0.3) is 11.1 Å². The molecule has 3 N–H and O–H groups in total. The molecule has 0 spiro atoms. The molecule has 1 aliphatic rings. The molecule has 0 aliphatic heterocycles. The molecule has 7 heteroatoms. The molecule has 7 nitrogen and oxygen atoms in total. The van der Waals surface area contributed by atoms with Crippen molar-refractivity contribution in [3.05, 3.63) is 59.7 Å². The van der Waals surface area contributed by atoms with E-state index in [1.165, 1.54) is 0 Å². The lowest BCUT2D eigenvalue weighted by atomic mass is 9.98. The Balaban J connectivity index is 1.66. The molecule has 0 aromatic heterocycles. The van der Waals surface area contributed by atoms with Crippen LogP contribution in [-0.2, 0) is 14.3 Å². The summed E-state index contributed by atoms with van der Waals surface area (Å²) in [5, 5.41) is 14.8. The predicted octanol–water partition coefficient (Wildman–Crippen LogP) is 4.70. The minimum absolute atomic E-state index is 0.0807. The Bertz CT molecular complexity index is 976. The Hall–Kier alpha value is -3.35. The maximum Gasteiger partial charge on any atom is 0.407 e. The van der Waals surface area contributed by atoms with Crippen LogP contribution in [0.4, 0.5) is 4.79 Å². The number of hydrogen-bond donors (Lipinski definition) is 3. The summed E-state index contributed by atoms with van der Waals surface area (Å²) < 4.78 is 5.57. The van der Waals surface area contributed by atoms with Gasteiger partial charge in [0.1, 0.15) is 18.7 Å². The van der Waals surface area contributed by atoms with E-state index in [-0.39, 0.29) is 18.4 Å². The van der Waals surface area contributed by atoms with Gasteiger partial charge in [0.25, 0.3) is 0 Å². The Morgan fingerprint density at radius 3 is 2.09 bits per heavy atom. The maximum absolute atomic E-state index is 12.9. The van der Waals surface area contributed by atoms with Crippen molar-refractivity contribution in [2.75, 3.05) is 6.61 Å². The molecular weight excluding hydrogens is 432 g/mol. The van der Waals surface area contributed by atoms with E-state index in [1.807, 2.05) is 50.2 Å². The standard InChI is InChI=1S/C27H34N2O5/c1-4-6-15-23(25(30)29-24(26(31)32)17(3)5-2)28-27(33)34-16-22-20-13-9-7-11-18(20)19-12-8-10-14-21(19)22/h7-14,17,22-24H,4-6,15-16H2,1-3H3,(H,28,33)(H,29,30)(H,31,32)/t17?,23-,24-/m0/s1. The molecule has 3 atom stereocenters. The fourth-order valence-electron chi connectivity index (χ4n) is 4.40. The van der Waals surface area contributed by atoms with Crippen molar-refractivity contribution >= 4 is 18.0 Å². The Morgan fingerprint density at radius 2 is 1.56 bits per heavy atom. The van der Waals surface area contributed by atoms with Crippen molar-refractivity contribution in [3.8, 4) is 11.1 Å². The molecule has 0 bridgehead atoms. The number of carbonyl (C=O) groups excluding carboxylic acids is 2. The third-order valence-corrected chi connectivity index (χ3v) is 6.58. The van der Waals surface area contributed by atoms with E-state index in [0.29, 0.717) is 19.3 Å². The van der Waals surface area contributed by atoms with E-state index in [1.54, 1.807) is 6.92 Å². The number of hydrogen-bond acceptors (Lipinski definition) is 4. The molecule has 34 heavy (non-hydrogen) atoms. The van der Waals surface area contributed by atoms with Gasteiger partial charge in [-0.1, -0.05) is 88.6 Å². The molecule has 2 aromatic carbocycles. The highest BCUT2D eigenvalue weighted by molar-refractivity contribution is 5.89. The van der Waals surface area contributed by atoms with Crippen LogP contribution in [0.2, 0.25) is 0 Å². The SMILES string of the molecule is CCCC[C@H](NC(=O)OCC1c2ccccc2-c2ccccc21)C(=O)N[C@H](C(=O)O)C(C)CC. The van der Waals surface area contributed by atoms with Crippen molar-refractivity contribution < 1.29 is 24.2 Å². The van der Waals surface area contributed by atoms with Gasteiger partial charge in [-0.3, -0.25) is 4.79 Å². The zero-order chi connectivity index (χ0) is 24.7. The molecule has 0 saturated heterocycles. The maximum atomic E-state index is 12.9. The molecule has 0 fully saturated rings. The van der Waals surface area contributed by atoms with Crippen LogP contribution in [0.5, 0.6) is 0 Å². The highest BCUT2D eigenvalue weighted by Crippen LogP contribution is 2.44. The van der Waals surface area contributed by atoms with Gasteiger partial charge in [0.15, 0.2) is 0 Å². The number of alkyl carbamates (subject to hydrolysis) is 1. The van der Waals surface area contributed by atoms with Crippen molar-refractivity contribution in [1.82, 2.24) is 10.6 Å². The summed E-state index contributed by atoms with van der Waals surface area (Å²) in [7, 11) is 0. The molecule has 0 radical (unpaired) electrons. The lowest BCUT2D eigenvalue weighted by Gasteiger charge is -2.24. The van der Waals surface area contributed by atoms with Crippen LogP contribution in [0, 0.1) is 5.92 Å². The number of aliphatic carboxylic acids is 1. The topological polar surface area (TPSA) is 105 Å². The number of nitrogens with one attached hydrogen (secondary N) is 2. The van der Waals surface area contributed by atoms with Crippen LogP contribution in [-0.4, -0.2) is 41.8 Å². The summed E-state index contributed by atoms with van der Waals surface area (Å²) in [6, 6.07) is 14.3. The van der Waals surface area contributed by atoms with Gasteiger partial charge in [0, 0.05) is 5.92 Å². The molecule has 3 rings (SSSR count). The van der Waals surface area contributed by atoms with Gasteiger partial charge in [-0.25, -0.2) is 9.59 Å². The summed E-state index contributed by atoms with van der Waals surface area (Å²) in [5.41, 5.74) is 4.48. The van der Waals surface area contributed by atoms with Gasteiger partial charge in [-0.05, 0) is 34.6 Å². The molecular formula is C27H34N2O5. The quantitative estimate of drug-likeness (QED) is 0.445. The molecule has 1 aliphatic carbocycles. The van der Waals surface area contributed by atoms with E-state index in [0.717, 1.165) is 28.7 Å². The normalized spacial score (nSPS) is 14.9. The molecule has 2 amide bonds. The summed E-state index contributed by atoms with van der Waals surface area (Å²) in [4.78, 5) is 37.2. The predicted molar refractivity (Wildman–Crippen MR) is 131 cm³/mol. The molecule has 0 saturated carbocycles. The number of carbonyl (C=O) groups is 3. The van der Waals surface area contributed by atoms with Crippen LogP contribution < -0.4 is 10.6 Å². The van der Waals surface area contributed by atoms with Gasteiger partial charge in [0.2, 0.25) is 5.91 Å². The van der Waals surface area contributed by atoms with Gasteiger partial charge < -0.3 is 20.5 Å². The number of fused-ring (bicyclic) bond motifs is 3. The number of rotatable bonds is 11. The van der Waals surface area contributed by atoms with Gasteiger partial charge in [0.05, 0.1) is 0 Å². The van der Waals surface area contributed by atoms with Crippen molar-refractivity contribution in [3.63, 3.8) is 0 Å². The van der Waals surface area contributed by atoms with E-state index in [2.05, 4.69) is 22.8 Å². The molecule has 2 aromatic rings. The van der Waals surface area contributed by atoms with E-state index in [9.17, 15) is 19.5 Å². The second kappa shape index (κ2) is 11.7. The third kappa shape index (κ3) is 5.76. The summed E-state index contributed by atoms with van der Waals surface area (Å²) in [6.07, 6.45) is 1.87. The monoisotopic (exact) mass is 466 g/mol. The van der Waals surface area contributed by atoms with Crippen molar-refractivity contribution in [1.29, 1.82) is 0 Å². The smallest absolute Gasteiger partial charge is 0.407 e. The zero-order valence-electron chi connectivity index (χ0n) is 20.0. The summed E-state index contributed by atoms with van der Waals surface area (Å²) >= 11 is 0. The summed E-state index contributed by atoms with van der Waals surface area (Å²) in [5.74, 6) is -1.90. The Labute approximate surface area is 200 Å². The van der Waals surface area contributed by atoms with Crippen LogP contribution in [0.15, 0.2) is 48.5 Å². The zero-order valence-corrected chi connectivity index (χ0v) is 20.0. The van der Waals surface area contributed by atoms with E-state index in [4.69, 9.17) is 4.74 Å². The lowest BCUT2D eigenvalue weighted by molar-refractivity contribution is -0.143. The van der Waals surface area contributed by atoms with Gasteiger partial charge >= 0.3 is 12.1 Å². The average molecular weight is 467 g/mol. The van der Waals surface area contributed by atoms with E-state index >= 15 is 0 Å². The first-order valence-corrected chi connectivity index (χ1v) is 12.0. The minimum atomic E-state index is -1.09. The fraction of sp³-hybridized carbons (Fsp3) is 0.444. The first-order chi connectivity index (χ1) is 16.4. The average Bonchev–Trinajstić information content (AvgIpc) is 3.16. The Kier molecular flexibility index (Phi) is 8.68. The van der Waals surface area contributed by atoms with Gasteiger partial charge in [-0.2, -0.15) is 0 Å². The van der Waals surface area contributed by atoms with Crippen LogP contribution in [0.3, 0.4) is 0 Å². The number of benzene rings is 2. The van der Waals surface area contributed by atoms with Crippen LogP contribution >= 0.6 is 0 Å². The largest absolute Gasteiger partial charge is 0.480 e. The second-order valence-electron chi connectivity index (χ2n) is 8.87. The molecule has 0 heterocycles. The van der Waals surface area contributed by atoms with Crippen molar-refractivity contribution in [2.24, 2.45) is 5.92 Å². The van der Waals surface area contributed by atoms with Gasteiger partial charge in [-0.15, -0.1) is 0 Å². The summed E-state index contributed by atoms with van der Waals surface area (Å²) in [6.45, 7) is 5.78. The van der Waals surface area contributed by atoms with E-state index < -0.39 is 30.1 Å². The first kappa shape index (κ1) is 25.3. The minimum Gasteiger partial charge on any atom is -0.480 e. The Morgan fingerprint density at radius 1 is 0.971 bits per heavy atom. The third-order valence-electron chi connectivity index (χ3n) is 6.58. The molecule has 1 unspecified atom stereocenters. The second-order valence-corrected chi connectivity index (χ2v) is 8.87. The number of ether oxygens (including phenoxy) is 1. The number of amides is 2. The number of carboxylic acid groups (broad SMARTS) is 1.